The molecule has 1 N–H and O–H groups in total. The van der Waals surface area contributed by atoms with Gasteiger partial charge in [-0.15, -0.1) is 0 Å². The summed E-state index contributed by atoms with van der Waals surface area (Å²) in [5.74, 6) is 1.08. The number of aliphatic hydroxyl groups excluding tert-OH is 1. The van der Waals surface area contributed by atoms with Gasteiger partial charge in [0.25, 0.3) is 0 Å². The fraction of sp³-hybridized carbons (Fsp3) is 0.615. The van der Waals surface area contributed by atoms with Crippen molar-refractivity contribution in [1.29, 1.82) is 0 Å². The molecule has 17 heavy (non-hydrogen) atoms. The van der Waals surface area contributed by atoms with Gasteiger partial charge in [0.05, 0.1) is 0 Å². The van der Waals surface area contributed by atoms with Gasteiger partial charge in [-0.1, -0.05) is 0 Å². The molecule has 1 aromatic heterocycles. The Morgan fingerprint density at radius 2 is 2.41 bits per heavy atom. The van der Waals surface area contributed by atoms with E-state index in [2.05, 4.69) is 38.8 Å². The third-order valence-corrected chi connectivity index (χ3v) is 4.23. The standard InChI is InChI=1S/C13H19BrN2O/c1-10-8-13(15-9-12(10)14)16-6-2-4-11(16)5-3-7-17/h8-9,11,17H,2-7H2,1H3. The number of anilines is 1. The molecule has 1 aromatic rings. The monoisotopic (exact) mass is 298 g/mol. The van der Waals surface area contributed by atoms with Crippen LogP contribution >= 0.6 is 15.9 Å². The molecule has 0 spiro atoms. The molecule has 1 unspecified atom stereocenters. The molecule has 1 aliphatic heterocycles. The Balaban J connectivity index is 2.11. The first-order valence-electron chi connectivity index (χ1n) is 6.22. The number of aryl methyl sites for hydroxylation is 1. The topological polar surface area (TPSA) is 36.4 Å². The lowest BCUT2D eigenvalue weighted by Gasteiger charge is -2.26. The van der Waals surface area contributed by atoms with Gasteiger partial charge in [0, 0.05) is 29.9 Å². The van der Waals surface area contributed by atoms with Gasteiger partial charge in [-0.2, -0.15) is 0 Å². The predicted molar refractivity (Wildman–Crippen MR) is 73.4 cm³/mol. The van der Waals surface area contributed by atoms with Crippen LogP contribution in [-0.2, 0) is 0 Å². The second-order valence-corrected chi connectivity index (χ2v) is 5.50. The lowest BCUT2D eigenvalue weighted by atomic mass is 10.1. The van der Waals surface area contributed by atoms with Crippen LogP contribution in [0.3, 0.4) is 0 Å². The first-order valence-corrected chi connectivity index (χ1v) is 7.01. The number of pyridine rings is 1. The maximum Gasteiger partial charge on any atom is 0.129 e. The molecule has 1 aliphatic rings. The molecule has 94 valence electrons. The molecule has 0 radical (unpaired) electrons. The number of hydrogen-bond donors (Lipinski definition) is 1. The molecule has 0 aliphatic carbocycles. The van der Waals surface area contributed by atoms with Crippen LogP contribution in [0.1, 0.15) is 31.2 Å². The predicted octanol–water partition coefficient (Wildman–Crippen LogP) is 2.89. The fourth-order valence-electron chi connectivity index (χ4n) is 2.45. The zero-order chi connectivity index (χ0) is 12.3. The molecular weight excluding hydrogens is 280 g/mol. The van der Waals surface area contributed by atoms with Crippen LogP contribution in [0.25, 0.3) is 0 Å². The van der Waals surface area contributed by atoms with Gasteiger partial charge in [-0.3, -0.25) is 0 Å². The molecule has 3 nitrogen and oxygen atoms in total. The Morgan fingerprint density at radius 1 is 1.59 bits per heavy atom. The largest absolute Gasteiger partial charge is 0.396 e. The molecule has 1 atom stereocenters. The highest BCUT2D eigenvalue weighted by atomic mass is 79.9. The van der Waals surface area contributed by atoms with Crippen molar-refractivity contribution in [3.05, 3.63) is 22.3 Å². The zero-order valence-corrected chi connectivity index (χ0v) is 11.8. The number of aliphatic hydroxyl groups is 1. The molecule has 1 saturated heterocycles. The van der Waals surface area contributed by atoms with Crippen molar-refractivity contribution in [2.45, 2.75) is 38.6 Å². The highest BCUT2D eigenvalue weighted by Crippen LogP contribution is 2.28. The molecule has 0 bridgehead atoms. The Kier molecular flexibility index (Phi) is 4.40. The van der Waals surface area contributed by atoms with Gasteiger partial charge in [-0.25, -0.2) is 4.98 Å². The highest BCUT2D eigenvalue weighted by Gasteiger charge is 2.25. The van der Waals surface area contributed by atoms with E-state index in [0.717, 1.165) is 29.7 Å². The summed E-state index contributed by atoms with van der Waals surface area (Å²) < 4.78 is 1.06. The minimum Gasteiger partial charge on any atom is -0.396 e. The van der Waals surface area contributed by atoms with Crippen LogP contribution in [0.4, 0.5) is 5.82 Å². The van der Waals surface area contributed by atoms with E-state index in [9.17, 15) is 0 Å². The van der Waals surface area contributed by atoms with Crippen LogP contribution in [-0.4, -0.2) is 29.3 Å². The molecular formula is C13H19BrN2O. The van der Waals surface area contributed by atoms with E-state index in [0.29, 0.717) is 6.04 Å². The summed E-state index contributed by atoms with van der Waals surface area (Å²) in [5.41, 5.74) is 1.22. The maximum atomic E-state index is 8.92. The molecule has 0 amide bonds. The molecule has 2 rings (SSSR count). The van der Waals surface area contributed by atoms with Crippen LogP contribution < -0.4 is 4.90 Å². The van der Waals surface area contributed by atoms with E-state index in [1.165, 1.54) is 18.4 Å². The van der Waals surface area contributed by atoms with Crippen molar-refractivity contribution in [3.63, 3.8) is 0 Å². The summed E-state index contributed by atoms with van der Waals surface area (Å²) in [6, 6.07) is 2.69. The quantitative estimate of drug-likeness (QED) is 0.928. The number of aromatic nitrogens is 1. The average Bonchev–Trinajstić information content (AvgIpc) is 2.78. The smallest absolute Gasteiger partial charge is 0.129 e. The lowest BCUT2D eigenvalue weighted by Crippen LogP contribution is -2.30. The molecule has 0 saturated carbocycles. The van der Waals surface area contributed by atoms with Crippen LogP contribution in [0.5, 0.6) is 0 Å². The normalized spacial score (nSPS) is 19.9. The SMILES string of the molecule is Cc1cc(N2CCCC2CCCO)ncc1Br. The fourth-order valence-corrected chi connectivity index (χ4v) is 2.66. The van der Waals surface area contributed by atoms with Crippen molar-refractivity contribution in [2.75, 3.05) is 18.1 Å². The second kappa shape index (κ2) is 5.83. The number of nitrogens with zero attached hydrogens (tertiary/aromatic N) is 2. The number of halogens is 1. The van der Waals surface area contributed by atoms with Gasteiger partial charge in [-0.05, 0) is 60.2 Å². The second-order valence-electron chi connectivity index (χ2n) is 4.65. The average molecular weight is 299 g/mol. The van der Waals surface area contributed by atoms with Crippen LogP contribution in [0, 0.1) is 6.92 Å². The van der Waals surface area contributed by atoms with E-state index in [1.54, 1.807) is 0 Å². The van der Waals surface area contributed by atoms with E-state index in [-0.39, 0.29) is 6.61 Å². The minimum absolute atomic E-state index is 0.289. The van der Waals surface area contributed by atoms with Crippen molar-refractivity contribution < 1.29 is 5.11 Å². The van der Waals surface area contributed by atoms with Gasteiger partial charge in [0.15, 0.2) is 0 Å². The van der Waals surface area contributed by atoms with Gasteiger partial charge in [0.2, 0.25) is 0 Å². The summed E-state index contributed by atoms with van der Waals surface area (Å²) in [6.45, 7) is 3.47. The van der Waals surface area contributed by atoms with Crippen LogP contribution in [0.15, 0.2) is 16.7 Å². The number of rotatable bonds is 4. The van der Waals surface area contributed by atoms with Gasteiger partial charge >= 0.3 is 0 Å². The summed E-state index contributed by atoms with van der Waals surface area (Å²) >= 11 is 3.48. The molecule has 1 fully saturated rings. The van der Waals surface area contributed by atoms with E-state index >= 15 is 0 Å². The molecule has 0 aromatic carbocycles. The van der Waals surface area contributed by atoms with Crippen molar-refractivity contribution in [2.24, 2.45) is 0 Å². The summed E-state index contributed by atoms with van der Waals surface area (Å²) in [5, 5.41) is 8.92. The molecule has 2 heterocycles. The van der Waals surface area contributed by atoms with Crippen molar-refractivity contribution in [3.8, 4) is 0 Å². The van der Waals surface area contributed by atoms with E-state index < -0.39 is 0 Å². The number of hydrogen-bond acceptors (Lipinski definition) is 3. The Morgan fingerprint density at radius 3 is 3.12 bits per heavy atom. The van der Waals surface area contributed by atoms with Crippen molar-refractivity contribution >= 4 is 21.7 Å². The third kappa shape index (κ3) is 2.99. The van der Waals surface area contributed by atoms with Crippen molar-refractivity contribution in [1.82, 2.24) is 4.98 Å². The highest BCUT2D eigenvalue weighted by molar-refractivity contribution is 9.10. The lowest BCUT2D eigenvalue weighted by molar-refractivity contribution is 0.279. The Bertz CT molecular complexity index is 384. The Hall–Kier alpha value is -0.610. The van der Waals surface area contributed by atoms with Gasteiger partial charge in [0.1, 0.15) is 5.82 Å². The first kappa shape index (κ1) is 12.8. The van der Waals surface area contributed by atoms with E-state index in [4.69, 9.17) is 5.11 Å². The molecule has 4 heteroatoms. The summed E-state index contributed by atoms with van der Waals surface area (Å²) in [4.78, 5) is 6.88. The van der Waals surface area contributed by atoms with Crippen LogP contribution in [0.2, 0.25) is 0 Å². The zero-order valence-electron chi connectivity index (χ0n) is 10.2. The first-order chi connectivity index (χ1) is 8.22. The maximum absolute atomic E-state index is 8.92. The third-order valence-electron chi connectivity index (χ3n) is 3.40. The Labute approximate surface area is 111 Å². The minimum atomic E-state index is 0.289. The van der Waals surface area contributed by atoms with Gasteiger partial charge < -0.3 is 10.0 Å². The summed E-state index contributed by atoms with van der Waals surface area (Å²) in [6.07, 6.45) is 6.28. The summed E-state index contributed by atoms with van der Waals surface area (Å²) in [7, 11) is 0. The van der Waals surface area contributed by atoms with E-state index in [1.807, 2.05) is 6.20 Å².